The van der Waals surface area contributed by atoms with Gasteiger partial charge in [0.2, 0.25) is 0 Å². The molecule has 0 aromatic carbocycles. The summed E-state index contributed by atoms with van der Waals surface area (Å²) in [7, 11) is 0. The zero-order valence-corrected chi connectivity index (χ0v) is 10.7. The molecule has 0 bridgehead atoms. The average Bonchev–Trinajstić information content (AvgIpc) is 2.83. The summed E-state index contributed by atoms with van der Waals surface area (Å²) in [6.45, 7) is 3.46. The summed E-state index contributed by atoms with van der Waals surface area (Å²) >= 11 is 7.37. The Labute approximate surface area is 104 Å². The molecule has 1 amide bonds. The number of nitrogens with two attached hydrogens (primary N) is 1. The van der Waals surface area contributed by atoms with E-state index in [4.69, 9.17) is 17.3 Å². The number of nitrogens with zero attached hydrogens (tertiary/aromatic N) is 1. The molecule has 2 unspecified atom stereocenters. The van der Waals surface area contributed by atoms with Crippen LogP contribution in [0.1, 0.15) is 23.0 Å². The highest BCUT2D eigenvalue weighted by atomic mass is 35.5. The van der Waals surface area contributed by atoms with Crippen LogP contribution in [0.4, 0.5) is 0 Å². The zero-order valence-electron chi connectivity index (χ0n) is 9.15. The van der Waals surface area contributed by atoms with E-state index >= 15 is 0 Å². The number of rotatable bonds is 2. The monoisotopic (exact) mass is 258 g/mol. The normalized spacial score (nSPS) is 25.1. The third kappa shape index (κ3) is 2.10. The molecule has 0 saturated carbocycles. The summed E-state index contributed by atoms with van der Waals surface area (Å²) in [4.78, 5) is 14.7. The van der Waals surface area contributed by atoms with Gasteiger partial charge in [0.25, 0.3) is 5.91 Å². The molecule has 0 radical (unpaired) electrons. The summed E-state index contributed by atoms with van der Waals surface area (Å²) in [5, 5.41) is 2.40. The SMILES string of the molecule is CC1CC(CN)CN1C(=O)c1sccc1Cl. The lowest BCUT2D eigenvalue weighted by Crippen LogP contribution is -2.34. The van der Waals surface area contributed by atoms with E-state index in [1.54, 1.807) is 6.07 Å². The van der Waals surface area contributed by atoms with E-state index in [2.05, 4.69) is 6.92 Å². The topological polar surface area (TPSA) is 46.3 Å². The summed E-state index contributed by atoms with van der Waals surface area (Å²) in [6, 6.07) is 2.03. The molecule has 2 heterocycles. The van der Waals surface area contributed by atoms with Crippen molar-refractivity contribution >= 4 is 28.8 Å². The molecular formula is C11H15ClN2OS. The van der Waals surface area contributed by atoms with Crippen LogP contribution in [0.2, 0.25) is 5.02 Å². The van der Waals surface area contributed by atoms with Crippen molar-refractivity contribution in [2.24, 2.45) is 11.7 Å². The molecule has 2 atom stereocenters. The number of thiophene rings is 1. The van der Waals surface area contributed by atoms with Gasteiger partial charge in [0.15, 0.2) is 0 Å². The van der Waals surface area contributed by atoms with E-state index in [-0.39, 0.29) is 11.9 Å². The Balaban J connectivity index is 2.14. The molecule has 1 saturated heterocycles. The Morgan fingerprint density at radius 2 is 2.50 bits per heavy atom. The second-order valence-electron chi connectivity index (χ2n) is 4.24. The molecule has 1 aliphatic heterocycles. The Hall–Kier alpha value is -0.580. The number of hydrogen-bond acceptors (Lipinski definition) is 3. The minimum atomic E-state index is 0.0449. The van der Waals surface area contributed by atoms with E-state index in [0.29, 0.717) is 22.4 Å². The van der Waals surface area contributed by atoms with Gasteiger partial charge in [0, 0.05) is 12.6 Å². The largest absolute Gasteiger partial charge is 0.335 e. The first-order valence-electron chi connectivity index (χ1n) is 5.37. The van der Waals surface area contributed by atoms with Gasteiger partial charge < -0.3 is 10.6 Å². The van der Waals surface area contributed by atoms with Gasteiger partial charge in [-0.1, -0.05) is 11.6 Å². The molecule has 1 aliphatic rings. The van der Waals surface area contributed by atoms with E-state index in [0.717, 1.165) is 13.0 Å². The highest BCUT2D eigenvalue weighted by molar-refractivity contribution is 7.12. The first-order chi connectivity index (χ1) is 7.63. The van der Waals surface area contributed by atoms with Crippen molar-refractivity contribution < 1.29 is 4.79 Å². The number of carbonyl (C=O) groups excluding carboxylic acids is 1. The van der Waals surface area contributed by atoms with Gasteiger partial charge in [0.1, 0.15) is 4.88 Å². The quantitative estimate of drug-likeness (QED) is 0.884. The molecule has 16 heavy (non-hydrogen) atoms. The molecule has 0 aliphatic carbocycles. The summed E-state index contributed by atoms with van der Waals surface area (Å²) in [6.07, 6.45) is 0.991. The fraction of sp³-hybridized carbons (Fsp3) is 0.545. The Morgan fingerprint density at radius 1 is 1.75 bits per heavy atom. The molecule has 88 valence electrons. The van der Waals surface area contributed by atoms with E-state index in [1.165, 1.54) is 11.3 Å². The van der Waals surface area contributed by atoms with Gasteiger partial charge in [-0.25, -0.2) is 0 Å². The summed E-state index contributed by atoms with van der Waals surface area (Å²) in [5.74, 6) is 0.473. The van der Waals surface area contributed by atoms with Crippen LogP contribution < -0.4 is 5.73 Å². The molecule has 1 fully saturated rings. The Morgan fingerprint density at radius 3 is 3.00 bits per heavy atom. The fourth-order valence-electron chi connectivity index (χ4n) is 2.17. The van der Waals surface area contributed by atoms with Crippen molar-refractivity contribution in [2.45, 2.75) is 19.4 Å². The molecule has 2 rings (SSSR count). The summed E-state index contributed by atoms with van der Waals surface area (Å²) < 4.78 is 0. The lowest BCUT2D eigenvalue weighted by atomic mass is 10.1. The maximum Gasteiger partial charge on any atom is 0.265 e. The minimum absolute atomic E-state index is 0.0449. The molecular weight excluding hydrogens is 244 g/mol. The molecule has 1 aromatic heterocycles. The lowest BCUT2D eigenvalue weighted by Gasteiger charge is -2.20. The van der Waals surface area contributed by atoms with Crippen molar-refractivity contribution in [1.29, 1.82) is 0 Å². The van der Waals surface area contributed by atoms with Crippen molar-refractivity contribution in [3.05, 3.63) is 21.3 Å². The highest BCUT2D eigenvalue weighted by Crippen LogP contribution is 2.29. The van der Waals surface area contributed by atoms with Crippen LogP contribution in [0.5, 0.6) is 0 Å². The first-order valence-corrected chi connectivity index (χ1v) is 6.63. The predicted octanol–water partition coefficient (Wildman–Crippen LogP) is 2.21. The first kappa shape index (κ1) is 11.9. The van der Waals surface area contributed by atoms with E-state index in [9.17, 15) is 4.79 Å². The Bertz CT molecular complexity index is 393. The van der Waals surface area contributed by atoms with Crippen molar-refractivity contribution in [2.75, 3.05) is 13.1 Å². The molecule has 3 nitrogen and oxygen atoms in total. The molecule has 0 spiro atoms. The van der Waals surface area contributed by atoms with Crippen molar-refractivity contribution in [3.63, 3.8) is 0 Å². The number of hydrogen-bond donors (Lipinski definition) is 1. The number of halogens is 1. The van der Waals surface area contributed by atoms with Crippen molar-refractivity contribution in [1.82, 2.24) is 4.90 Å². The van der Waals surface area contributed by atoms with Crippen LogP contribution in [0, 0.1) is 5.92 Å². The average molecular weight is 259 g/mol. The zero-order chi connectivity index (χ0) is 11.7. The van der Waals surface area contributed by atoms with Crippen LogP contribution in [0.25, 0.3) is 0 Å². The van der Waals surface area contributed by atoms with Crippen LogP contribution >= 0.6 is 22.9 Å². The fourth-order valence-corrected chi connectivity index (χ4v) is 3.26. The van der Waals surface area contributed by atoms with Gasteiger partial charge in [-0.15, -0.1) is 11.3 Å². The molecule has 1 aromatic rings. The third-order valence-corrected chi connectivity index (χ3v) is 4.40. The van der Waals surface area contributed by atoms with Gasteiger partial charge >= 0.3 is 0 Å². The molecule has 5 heteroatoms. The van der Waals surface area contributed by atoms with Crippen LogP contribution in [0.15, 0.2) is 11.4 Å². The predicted molar refractivity (Wildman–Crippen MR) is 67.0 cm³/mol. The van der Waals surface area contributed by atoms with Gasteiger partial charge in [-0.2, -0.15) is 0 Å². The number of carbonyl (C=O) groups is 1. The van der Waals surface area contributed by atoms with Gasteiger partial charge in [-0.3, -0.25) is 4.79 Å². The molecule has 2 N–H and O–H groups in total. The summed E-state index contributed by atoms with van der Waals surface area (Å²) in [5.41, 5.74) is 5.65. The van der Waals surface area contributed by atoms with E-state index in [1.807, 2.05) is 10.3 Å². The number of likely N-dealkylation sites (tertiary alicyclic amines) is 1. The standard InChI is InChI=1S/C11H15ClN2OS/c1-7-4-8(5-13)6-14(7)11(15)10-9(12)2-3-16-10/h2-3,7-8H,4-6,13H2,1H3. The lowest BCUT2D eigenvalue weighted by molar-refractivity contribution is 0.0748. The second-order valence-corrected chi connectivity index (χ2v) is 5.56. The maximum absolute atomic E-state index is 12.2. The minimum Gasteiger partial charge on any atom is -0.335 e. The van der Waals surface area contributed by atoms with Crippen LogP contribution in [-0.2, 0) is 0 Å². The maximum atomic E-state index is 12.2. The van der Waals surface area contributed by atoms with Crippen LogP contribution in [0.3, 0.4) is 0 Å². The van der Waals surface area contributed by atoms with E-state index < -0.39 is 0 Å². The van der Waals surface area contributed by atoms with Crippen LogP contribution in [-0.4, -0.2) is 29.9 Å². The number of amides is 1. The highest BCUT2D eigenvalue weighted by Gasteiger charge is 2.33. The second kappa shape index (κ2) is 4.73. The van der Waals surface area contributed by atoms with Gasteiger partial charge in [-0.05, 0) is 37.3 Å². The Kier molecular flexibility index (Phi) is 3.52. The van der Waals surface area contributed by atoms with Gasteiger partial charge in [0.05, 0.1) is 5.02 Å². The van der Waals surface area contributed by atoms with Crippen molar-refractivity contribution in [3.8, 4) is 0 Å². The smallest absolute Gasteiger partial charge is 0.265 e. The third-order valence-electron chi connectivity index (χ3n) is 3.07.